The molecule has 0 bridgehead atoms. The molecule has 0 fully saturated rings. The van der Waals surface area contributed by atoms with E-state index in [1.54, 1.807) is 47.0 Å². The average molecular weight is 640 g/mol. The zero-order valence-corrected chi connectivity index (χ0v) is 25.9. The van der Waals surface area contributed by atoms with Gasteiger partial charge in [-0.1, -0.05) is 66.7 Å². The van der Waals surface area contributed by atoms with E-state index >= 15 is 0 Å². The summed E-state index contributed by atoms with van der Waals surface area (Å²) in [7, 11) is 0. The van der Waals surface area contributed by atoms with Crippen molar-refractivity contribution >= 4 is 94.1 Å². The minimum absolute atomic E-state index is 0. The second kappa shape index (κ2) is 12.6. The molecule has 0 N–H and O–H groups in total. The van der Waals surface area contributed by atoms with Crippen LogP contribution in [0.1, 0.15) is 41.5 Å². The van der Waals surface area contributed by atoms with E-state index in [1.165, 1.54) is 46.4 Å². The van der Waals surface area contributed by atoms with Gasteiger partial charge in [-0.2, -0.15) is 23.5 Å². The Labute approximate surface area is 233 Å². The van der Waals surface area contributed by atoms with E-state index in [9.17, 15) is 0 Å². The third-order valence-corrected chi connectivity index (χ3v) is 15.4. The molecule has 0 spiro atoms. The average Bonchev–Trinajstić information content (AvgIpc) is 3.44. The summed E-state index contributed by atoms with van der Waals surface area (Å²) in [6.45, 7) is 12.8. The van der Waals surface area contributed by atoms with Crippen molar-refractivity contribution in [2.45, 2.75) is 41.5 Å². The molecule has 4 aliphatic heterocycles. The van der Waals surface area contributed by atoms with Crippen LogP contribution in [-0.2, 0) is 19.5 Å². The third-order valence-electron chi connectivity index (χ3n) is 4.06. The van der Waals surface area contributed by atoms with Gasteiger partial charge in [-0.05, 0) is 61.2 Å². The second-order valence-corrected chi connectivity index (χ2v) is 16.6. The minimum atomic E-state index is 0. The fraction of sp³-hybridized carbons (Fsp3) is 0.273. The monoisotopic (exact) mass is 640 g/mol. The maximum Gasteiger partial charge on any atom is 2.00 e. The van der Waals surface area contributed by atoms with Crippen LogP contribution in [0.4, 0.5) is 0 Å². The first-order valence-electron chi connectivity index (χ1n) is 8.77. The molecule has 0 aromatic rings. The van der Waals surface area contributed by atoms with Crippen LogP contribution in [0.2, 0.25) is 0 Å². The summed E-state index contributed by atoms with van der Waals surface area (Å²) in [6, 6.07) is 0. The Balaban J connectivity index is 0.000000213. The largest absolute Gasteiger partial charge is 2.00 e. The number of thioether (sulfide) groups is 8. The molecule has 0 unspecified atom stereocenters. The Hall–Kier alpha value is 0.983. The van der Waals surface area contributed by atoms with Crippen LogP contribution < -0.4 is 0 Å². The van der Waals surface area contributed by atoms with Crippen molar-refractivity contribution in [2.75, 3.05) is 0 Å². The van der Waals surface area contributed by atoms with Gasteiger partial charge in [0, 0.05) is 0 Å². The number of rotatable bonds is 0. The van der Waals surface area contributed by atoms with E-state index in [-0.39, 0.29) is 19.5 Å². The normalized spacial score (nSPS) is 21.0. The van der Waals surface area contributed by atoms with Crippen molar-refractivity contribution in [1.82, 2.24) is 0 Å². The first-order valence-corrected chi connectivity index (χ1v) is 15.3. The molecule has 4 rings (SSSR count). The van der Waals surface area contributed by atoms with Gasteiger partial charge < -0.3 is 12.8 Å². The van der Waals surface area contributed by atoms with E-state index in [2.05, 4.69) is 53.4 Å². The van der Waals surface area contributed by atoms with Crippen LogP contribution >= 0.6 is 94.1 Å². The predicted molar refractivity (Wildman–Crippen MR) is 151 cm³/mol. The van der Waals surface area contributed by atoms with Gasteiger partial charge in [0.1, 0.15) is 0 Å². The fourth-order valence-electron chi connectivity index (χ4n) is 2.19. The number of hydrogen-bond acceptors (Lipinski definition) is 8. The molecule has 9 heteroatoms. The molecule has 0 aromatic carbocycles. The van der Waals surface area contributed by atoms with Crippen LogP contribution in [0.15, 0.2) is 56.2 Å². The Morgan fingerprint density at radius 3 is 0.871 bits per heavy atom. The zero-order valence-electron chi connectivity index (χ0n) is 17.6. The van der Waals surface area contributed by atoms with Crippen LogP contribution in [0.3, 0.4) is 0 Å². The SMILES string of the molecule is [C-]#CC1=C(C)SC(=C2SC(C)=C(C)S2)S1.[C-]#CC1=C(C)SC(=C2SC(C)=C(C)S2)S1.[Ru+2]. The zero-order chi connectivity index (χ0) is 22.0. The van der Waals surface area contributed by atoms with Crippen molar-refractivity contribution in [1.29, 1.82) is 0 Å². The quantitative estimate of drug-likeness (QED) is 0.144. The predicted octanol–water partition coefficient (Wildman–Crippen LogP) is 10.3. The Bertz CT molecular complexity index is 952. The first kappa shape index (κ1) is 28.2. The van der Waals surface area contributed by atoms with E-state index in [4.69, 9.17) is 12.8 Å². The Kier molecular flexibility index (Phi) is 11.5. The van der Waals surface area contributed by atoms with Crippen molar-refractivity contribution in [3.8, 4) is 11.8 Å². The van der Waals surface area contributed by atoms with Gasteiger partial charge in [0.15, 0.2) is 0 Å². The molecule has 0 radical (unpaired) electrons. The molecule has 0 aliphatic carbocycles. The Morgan fingerprint density at radius 1 is 0.419 bits per heavy atom. The molecule has 0 amide bonds. The van der Waals surface area contributed by atoms with Crippen LogP contribution in [0, 0.1) is 24.7 Å². The standard InChI is InChI=1S/2C11H9S4.Ru/c2*1-5-9-8(4)14-11(15-9)10-12-6(2)7(3)13-10;/h2*2-4H3;/q2*-1;+2. The summed E-state index contributed by atoms with van der Waals surface area (Å²) in [5.74, 6) is 4.99. The van der Waals surface area contributed by atoms with Crippen molar-refractivity contribution in [3.05, 3.63) is 69.0 Å². The summed E-state index contributed by atoms with van der Waals surface area (Å²) in [5.41, 5.74) is 0. The molecule has 0 nitrogen and oxygen atoms in total. The van der Waals surface area contributed by atoms with Gasteiger partial charge in [-0.3, -0.25) is 11.8 Å². The van der Waals surface area contributed by atoms with Crippen molar-refractivity contribution < 1.29 is 19.5 Å². The summed E-state index contributed by atoms with van der Waals surface area (Å²) in [4.78, 5) is 9.91. The topological polar surface area (TPSA) is 0 Å². The van der Waals surface area contributed by atoms with Crippen molar-refractivity contribution in [2.24, 2.45) is 0 Å². The third kappa shape index (κ3) is 7.00. The molecule has 0 atom stereocenters. The van der Waals surface area contributed by atoms with E-state index in [0.29, 0.717) is 0 Å². The van der Waals surface area contributed by atoms with Crippen molar-refractivity contribution in [3.63, 3.8) is 0 Å². The molecule has 162 valence electrons. The Morgan fingerprint density at radius 2 is 0.645 bits per heavy atom. The summed E-state index contributed by atoms with van der Waals surface area (Å²) in [5, 5.41) is 0. The summed E-state index contributed by atoms with van der Waals surface area (Å²) in [6.07, 6.45) is 14.4. The van der Waals surface area contributed by atoms with Gasteiger partial charge in [0.25, 0.3) is 0 Å². The molecule has 0 saturated heterocycles. The molecule has 4 aliphatic rings. The summed E-state index contributed by atoms with van der Waals surface area (Å²) < 4.78 is 5.36. The van der Waals surface area contributed by atoms with E-state index in [1.807, 2.05) is 47.0 Å². The fourth-order valence-corrected chi connectivity index (χ4v) is 12.6. The molecule has 0 saturated carbocycles. The van der Waals surface area contributed by atoms with E-state index in [0.717, 1.165) is 9.81 Å². The molecular formula is C22H18RuS8. The molecule has 4 heterocycles. The maximum absolute atomic E-state index is 7.18. The van der Waals surface area contributed by atoms with Gasteiger partial charge >= 0.3 is 19.5 Å². The first-order chi connectivity index (χ1) is 14.2. The van der Waals surface area contributed by atoms with Crippen LogP contribution in [0.5, 0.6) is 0 Å². The molecule has 0 aromatic heterocycles. The smallest absolute Gasteiger partial charge is 0.365 e. The van der Waals surface area contributed by atoms with Crippen LogP contribution in [-0.4, -0.2) is 0 Å². The van der Waals surface area contributed by atoms with Gasteiger partial charge in [-0.25, -0.2) is 0 Å². The van der Waals surface area contributed by atoms with E-state index < -0.39 is 0 Å². The molecule has 31 heavy (non-hydrogen) atoms. The maximum atomic E-state index is 7.18. The second-order valence-electron chi connectivity index (χ2n) is 6.21. The number of hydrogen-bond donors (Lipinski definition) is 0. The molecular weight excluding hydrogens is 622 g/mol. The number of allylic oxidation sites excluding steroid dienone is 8. The van der Waals surface area contributed by atoms with Gasteiger partial charge in [-0.15, -0.1) is 23.5 Å². The van der Waals surface area contributed by atoms with Gasteiger partial charge in [0.2, 0.25) is 0 Å². The van der Waals surface area contributed by atoms with Crippen LogP contribution in [0.25, 0.3) is 0 Å². The summed E-state index contributed by atoms with van der Waals surface area (Å²) >= 11 is 14.3. The van der Waals surface area contributed by atoms with Gasteiger partial charge in [0.05, 0.1) is 16.9 Å². The minimum Gasteiger partial charge on any atom is -0.365 e.